The van der Waals surface area contributed by atoms with Gasteiger partial charge in [-0.25, -0.2) is 0 Å². The van der Waals surface area contributed by atoms with Crippen molar-refractivity contribution < 1.29 is 18.0 Å². The lowest BCUT2D eigenvalue weighted by Crippen LogP contribution is -2.08. The van der Waals surface area contributed by atoms with E-state index in [4.69, 9.17) is 0 Å². The Bertz CT molecular complexity index is 906. The Morgan fingerprint density at radius 2 is 1.75 bits per heavy atom. The molecule has 0 aliphatic heterocycles. The molecule has 0 unspecified atom stereocenters. The molecular formula is C19H16F3NO. The number of carbonyl (C=O) groups is 1. The van der Waals surface area contributed by atoms with Gasteiger partial charge in [-0.1, -0.05) is 30.3 Å². The zero-order valence-corrected chi connectivity index (χ0v) is 13.3. The minimum Gasteiger partial charge on any atom is -0.344 e. The third-order valence-electron chi connectivity index (χ3n) is 3.99. The van der Waals surface area contributed by atoms with E-state index in [1.54, 1.807) is 6.20 Å². The van der Waals surface area contributed by atoms with E-state index < -0.39 is 17.5 Å². The smallest absolute Gasteiger partial charge is 0.344 e. The quantitative estimate of drug-likeness (QED) is 0.583. The van der Waals surface area contributed by atoms with Crippen molar-refractivity contribution in [3.8, 4) is 0 Å². The van der Waals surface area contributed by atoms with Crippen molar-refractivity contribution in [1.29, 1.82) is 0 Å². The molecule has 2 nitrogen and oxygen atoms in total. The Hall–Kier alpha value is -2.56. The van der Waals surface area contributed by atoms with Crippen molar-refractivity contribution in [3.63, 3.8) is 0 Å². The molecule has 1 aromatic heterocycles. The lowest BCUT2D eigenvalue weighted by Gasteiger charge is -2.08. The number of aromatic nitrogens is 1. The van der Waals surface area contributed by atoms with E-state index in [1.165, 1.54) is 12.1 Å². The van der Waals surface area contributed by atoms with Crippen LogP contribution in [0.15, 0.2) is 54.7 Å². The fourth-order valence-corrected chi connectivity index (χ4v) is 2.81. The van der Waals surface area contributed by atoms with Crippen molar-refractivity contribution >= 4 is 16.7 Å². The predicted molar refractivity (Wildman–Crippen MR) is 87.2 cm³/mol. The zero-order valence-electron chi connectivity index (χ0n) is 13.3. The van der Waals surface area contributed by atoms with Gasteiger partial charge in [0.05, 0.1) is 5.56 Å². The maximum Gasteiger partial charge on any atom is 0.416 e. The van der Waals surface area contributed by atoms with Crippen molar-refractivity contribution in [2.45, 2.75) is 26.1 Å². The van der Waals surface area contributed by atoms with E-state index in [2.05, 4.69) is 0 Å². The van der Waals surface area contributed by atoms with E-state index in [0.29, 0.717) is 5.56 Å². The maximum absolute atomic E-state index is 12.9. The average molecular weight is 331 g/mol. The summed E-state index contributed by atoms with van der Waals surface area (Å²) in [7, 11) is 0. The van der Waals surface area contributed by atoms with Gasteiger partial charge in [0, 0.05) is 34.3 Å². The monoisotopic (exact) mass is 331 g/mol. The Labute approximate surface area is 137 Å². The molecule has 2 aromatic carbocycles. The van der Waals surface area contributed by atoms with E-state index in [1.807, 2.05) is 42.7 Å². The van der Waals surface area contributed by atoms with Gasteiger partial charge in [-0.15, -0.1) is 0 Å². The van der Waals surface area contributed by atoms with Crippen LogP contribution in [0.2, 0.25) is 0 Å². The predicted octanol–water partition coefficient (Wildman–Crippen LogP) is 5.47. The first-order valence-electron chi connectivity index (χ1n) is 7.60. The first-order chi connectivity index (χ1) is 11.3. The fourth-order valence-electron chi connectivity index (χ4n) is 2.81. The Morgan fingerprint density at radius 3 is 2.42 bits per heavy atom. The summed E-state index contributed by atoms with van der Waals surface area (Å²) in [6.07, 6.45) is -2.75. The van der Waals surface area contributed by atoms with Crippen LogP contribution in [0, 0.1) is 0 Å². The van der Waals surface area contributed by atoms with Gasteiger partial charge >= 0.3 is 6.18 Å². The molecule has 3 rings (SSSR count). The molecule has 1 heterocycles. The van der Waals surface area contributed by atoms with Gasteiger partial charge in [0.1, 0.15) is 0 Å². The molecule has 0 bridgehead atoms. The summed E-state index contributed by atoms with van der Waals surface area (Å²) in [5, 5.41) is 0.744. The van der Waals surface area contributed by atoms with Crippen LogP contribution in [0.3, 0.4) is 0 Å². The Kier molecular flexibility index (Phi) is 3.95. The molecule has 0 fully saturated rings. The zero-order chi connectivity index (χ0) is 17.5. The number of carbonyl (C=O) groups excluding carboxylic acids is 1. The van der Waals surface area contributed by atoms with Crippen LogP contribution in [0.5, 0.6) is 0 Å². The third kappa shape index (κ3) is 2.82. The van der Waals surface area contributed by atoms with Gasteiger partial charge in [0.15, 0.2) is 5.78 Å². The van der Waals surface area contributed by atoms with Crippen molar-refractivity contribution in [3.05, 3.63) is 71.4 Å². The van der Waals surface area contributed by atoms with E-state index in [9.17, 15) is 18.0 Å². The maximum atomic E-state index is 12.9. The molecule has 0 aliphatic carbocycles. The summed E-state index contributed by atoms with van der Waals surface area (Å²) >= 11 is 0. The molecule has 0 saturated carbocycles. The van der Waals surface area contributed by atoms with Gasteiger partial charge in [-0.05, 0) is 32.0 Å². The SMILES string of the molecule is CC(C)n1cc(C(=O)c2cccc(C(F)(F)F)c2)c2ccccc21. The number of ketones is 1. The van der Waals surface area contributed by atoms with Gasteiger partial charge in [0.25, 0.3) is 0 Å². The molecule has 0 amide bonds. The van der Waals surface area contributed by atoms with Crippen molar-refractivity contribution in [2.75, 3.05) is 0 Å². The normalized spacial score (nSPS) is 12.1. The highest BCUT2D eigenvalue weighted by Gasteiger charge is 2.31. The van der Waals surface area contributed by atoms with E-state index in [0.717, 1.165) is 23.0 Å². The first-order valence-corrected chi connectivity index (χ1v) is 7.60. The molecular weight excluding hydrogens is 315 g/mol. The van der Waals surface area contributed by atoms with Crippen molar-refractivity contribution in [1.82, 2.24) is 4.57 Å². The highest BCUT2D eigenvalue weighted by Crippen LogP contribution is 2.31. The molecule has 0 saturated heterocycles. The topological polar surface area (TPSA) is 22.0 Å². The standard InChI is InChI=1S/C19H16F3NO/c1-12(2)23-11-16(15-8-3-4-9-17(15)23)18(24)13-6-5-7-14(10-13)19(20,21)22/h3-12H,1-2H3. The number of fused-ring (bicyclic) bond motifs is 1. The van der Waals surface area contributed by atoms with E-state index >= 15 is 0 Å². The Morgan fingerprint density at radius 1 is 1.04 bits per heavy atom. The molecule has 0 spiro atoms. The van der Waals surface area contributed by atoms with Crippen LogP contribution in [0.25, 0.3) is 10.9 Å². The molecule has 0 N–H and O–H groups in total. The van der Waals surface area contributed by atoms with E-state index in [-0.39, 0.29) is 11.6 Å². The van der Waals surface area contributed by atoms with Crippen molar-refractivity contribution in [2.24, 2.45) is 0 Å². The number of hydrogen-bond donors (Lipinski definition) is 0. The first kappa shape index (κ1) is 16.3. The molecule has 0 atom stereocenters. The molecule has 5 heteroatoms. The minimum absolute atomic E-state index is 0.0384. The van der Waals surface area contributed by atoms with Crippen LogP contribution >= 0.6 is 0 Å². The highest BCUT2D eigenvalue weighted by atomic mass is 19.4. The molecule has 3 aromatic rings. The second-order valence-electron chi connectivity index (χ2n) is 5.97. The summed E-state index contributed by atoms with van der Waals surface area (Å²) in [6.45, 7) is 3.98. The summed E-state index contributed by atoms with van der Waals surface area (Å²) in [4.78, 5) is 12.8. The largest absolute Gasteiger partial charge is 0.416 e. The number of halogens is 3. The molecule has 0 radical (unpaired) electrons. The molecule has 0 aliphatic rings. The number of alkyl halides is 3. The second kappa shape index (κ2) is 5.82. The summed E-state index contributed by atoms with van der Waals surface area (Å²) in [6, 6.07) is 12.1. The number of rotatable bonds is 3. The summed E-state index contributed by atoms with van der Waals surface area (Å²) in [5.74, 6) is -0.406. The van der Waals surface area contributed by atoms with Gasteiger partial charge in [0.2, 0.25) is 0 Å². The highest BCUT2D eigenvalue weighted by molar-refractivity contribution is 6.16. The second-order valence-corrected chi connectivity index (χ2v) is 5.97. The van der Waals surface area contributed by atoms with Crippen LogP contribution in [-0.2, 0) is 6.18 Å². The van der Waals surface area contributed by atoms with Gasteiger partial charge in [-0.3, -0.25) is 4.79 Å². The van der Waals surface area contributed by atoms with Gasteiger partial charge in [-0.2, -0.15) is 13.2 Å². The van der Waals surface area contributed by atoms with Crippen LogP contribution in [-0.4, -0.2) is 10.4 Å². The van der Waals surface area contributed by atoms with Gasteiger partial charge < -0.3 is 4.57 Å². The number of benzene rings is 2. The third-order valence-corrected chi connectivity index (χ3v) is 3.99. The fraction of sp³-hybridized carbons (Fsp3) is 0.211. The lowest BCUT2D eigenvalue weighted by molar-refractivity contribution is -0.137. The van der Waals surface area contributed by atoms with Crippen LogP contribution in [0.4, 0.5) is 13.2 Å². The molecule has 24 heavy (non-hydrogen) atoms. The number of nitrogens with zero attached hydrogens (tertiary/aromatic N) is 1. The minimum atomic E-state index is -4.47. The van der Waals surface area contributed by atoms with Crippen LogP contribution in [0.1, 0.15) is 41.4 Å². The lowest BCUT2D eigenvalue weighted by atomic mass is 10.0. The van der Waals surface area contributed by atoms with Crippen LogP contribution < -0.4 is 0 Å². The number of para-hydroxylation sites is 1. The average Bonchev–Trinajstić information content (AvgIpc) is 2.93. The summed E-state index contributed by atoms with van der Waals surface area (Å²) in [5.41, 5.74) is 0.527. The summed E-state index contributed by atoms with van der Waals surface area (Å²) < 4.78 is 40.6. The Balaban J connectivity index is 2.13. The molecule has 124 valence electrons. The number of hydrogen-bond acceptors (Lipinski definition) is 1.